The monoisotopic (exact) mass is 384 g/mol. The Bertz CT molecular complexity index is 806. The van der Waals surface area contributed by atoms with Crippen LogP contribution in [0.5, 0.6) is 0 Å². The summed E-state index contributed by atoms with van der Waals surface area (Å²) in [6, 6.07) is 8.71. The number of amides is 2. The molecule has 1 aromatic carbocycles. The van der Waals surface area contributed by atoms with Crippen LogP contribution >= 0.6 is 0 Å². The third-order valence-corrected chi connectivity index (χ3v) is 4.17. The van der Waals surface area contributed by atoms with Crippen LogP contribution in [0.4, 0.5) is 17.3 Å². The third kappa shape index (κ3) is 6.00. The van der Waals surface area contributed by atoms with E-state index < -0.39 is 0 Å². The highest BCUT2D eigenvalue weighted by Crippen LogP contribution is 2.16. The molecule has 28 heavy (non-hydrogen) atoms. The van der Waals surface area contributed by atoms with Gasteiger partial charge in [-0.25, -0.2) is 9.97 Å². The van der Waals surface area contributed by atoms with Gasteiger partial charge in [0.1, 0.15) is 5.69 Å². The zero-order valence-corrected chi connectivity index (χ0v) is 15.8. The fourth-order valence-electron chi connectivity index (χ4n) is 2.76. The number of hydrogen-bond acceptors (Lipinski definition) is 7. The predicted molar refractivity (Wildman–Crippen MR) is 106 cm³/mol. The number of aromatic nitrogens is 2. The lowest BCUT2D eigenvalue weighted by atomic mass is 10.3. The van der Waals surface area contributed by atoms with Gasteiger partial charge >= 0.3 is 0 Å². The van der Waals surface area contributed by atoms with Gasteiger partial charge in [0.15, 0.2) is 0 Å². The van der Waals surface area contributed by atoms with Crippen molar-refractivity contribution in [1.82, 2.24) is 20.2 Å². The van der Waals surface area contributed by atoms with Crippen molar-refractivity contribution in [1.29, 1.82) is 0 Å². The molecule has 0 bridgehead atoms. The first-order valence-corrected chi connectivity index (χ1v) is 9.16. The van der Waals surface area contributed by atoms with Gasteiger partial charge in [-0.1, -0.05) is 0 Å². The summed E-state index contributed by atoms with van der Waals surface area (Å²) in [5.74, 6) is -0.0378. The lowest BCUT2D eigenvalue weighted by molar-refractivity contribution is -0.114. The van der Waals surface area contributed by atoms with Gasteiger partial charge in [-0.2, -0.15) is 0 Å². The molecule has 1 aliphatic rings. The minimum atomic E-state index is -0.236. The molecule has 0 radical (unpaired) electrons. The number of rotatable bonds is 7. The van der Waals surface area contributed by atoms with Crippen LogP contribution in [0.2, 0.25) is 0 Å². The summed E-state index contributed by atoms with van der Waals surface area (Å²) in [6.45, 7) is 6.04. The number of carbonyl (C=O) groups excluding carboxylic acids is 2. The minimum Gasteiger partial charge on any atom is -0.379 e. The van der Waals surface area contributed by atoms with Crippen molar-refractivity contribution in [2.75, 3.05) is 50.0 Å². The molecule has 1 aliphatic heterocycles. The first-order chi connectivity index (χ1) is 13.6. The molecule has 0 spiro atoms. The quantitative estimate of drug-likeness (QED) is 0.659. The van der Waals surface area contributed by atoms with Crippen molar-refractivity contribution < 1.29 is 14.3 Å². The van der Waals surface area contributed by atoms with E-state index in [1.54, 1.807) is 30.3 Å². The molecule has 0 aliphatic carbocycles. The molecule has 0 unspecified atom stereocenters. The highest BCUT2D eigenvalue weighted by molar-refractivity contribution is 5.92. The van der Waals surface area contributed by atoms with Gasteiger partial charge in [0.05, 0.1) is 13.2 Å². The Hall–Kier alpha value is -3.04. The van der Waals surface area contributed by atoms with Crippen LogP contribution in [0.1, 0.15) is 17.4 Å². The Morgan fingerprint density at radius 2 is 1.82 bits per heavy atom. The second kappa shape index (κ2) is 9.77. The first kappa shape index (κ1) is 19.7. The number of anilines is 3. The fraction of sp³-hybridized carbons (Fsp3) is 0.368. The van der Waals surface area contributed by atoms with Crippen molar-refractivity contribution in [2.45, 2.75) is 6.92 Å². The van der Waals surface area contributed by atoms with Crippen molar-refractivity contribution in [3.05, 3.63) is 42.2 Å². The second-order valence-electron chi connectivity index (χ2n) is 6.36. The lowest BCUT2D eigenvalue weighted by Gasteiger charge is -2.26. The molecule has 1 aromatic heterocycles. The van der Waals surface area contributed by atoms with Crippen LogP contribution in [0.25, 0.3) is 0 Å². The summed E-state index contributed by atoms with van der Waals surface area (Å²) in [5.41, 5.74) is 1.75. The molecule has 9 heteroatoms. The van der Waals surface area contributed by atoms with Gasteiger partial charge in [-0.3, -0.25) is 14.5 Å². The maximum Gasteiger partial charge on any atom is 0.270 e. The van der Waals surface area contributed by atoms with Crippen molar-refractivity contribution >= 4 is 29.1 Å². The zero-order valence-electron chi connectivity index (χ0n) is 15.8. The normalized spacial score (nSPS) is 14.3. The third-order valence-electron chi connectivity index (χ3n) is 4.17. The summed E-state index contributed by atoms with van der Waals surface area (Å²) in [5, 5.41) is 8.64. The van der Waals surface area contributed by atoms with Gasteiger partial charge < -0.3 is 20.7 Å². The highest BCUT2D eigenvalue weighted by Gasteiger charge is 2.12. The van der Waals surface area contributed by atoms with Gasteiger partial charge in [0.25, 0.3) is 5.91 Å². The molecule has 2 heterocycles. The van der Waals surface area contributed by atoms with Gasteiger partial charge in [-0.15, -0.1) is 0 Å². The summed E-state index contributed by atoms with van der Waals surface area (Å²) in [4.78, 5) is 34.1. The van der Waals surface area contributed by atoms with Crippen LogP contribution in [0.3, 0.4) is 0 Å². The van der Waals surface area contributed by atoms with E-state index in [0.717, 1.165) is 38.5 Å². The summed E-state index contributed by atoms with van der Waals surface area (Å²) < 4.78 is 5.31. The molecule has 148 valence electrons. The molecule has 2 aromatic rings. The number of nitrogens with one attached hydrogen (secondary N) is 3. The second-order valence-corrected chi connectivity index (χ2v) is 6.36. The maximum absolute atomic E-state index is 12.3. The van der Waals surface area contributed by atoms with E-state index in [1.807, 2.05) is 0 Å². The Morgan fingerprint density at radius 3 is 2.54 bits per heavy atom. The lowest BCUT2D eigenvalue weighted by Crippen LogP contribution is -2.41. The number of ether oxygens (including phenoxy) is 1. The average molecular weight is 384 g/mol. The molecular weight excluding hydrogens is 360 g/mol. The first-order valence-electron chi connectivity index (χ1n) is 9.16. The standard InChI is InChI=1S/C19H24N6O3/c1-14(26)22-15-2-4-16(5-3-15)23-19-21-7-6-17(24-19)18(27)20-8-9-25-10-12-28-13-11-25/h2-7H,8-13H2,1H3,(H,20,27)(H,22,26)(H,21,23,24). The number of carbonyl (C=O) groups is 2. The Balaban J connectivity index is 1.52. The molecule has 1 saturated heterocycles. The fourth-order valence-corrected chi connectivity index (χ4v) is 2.76. The number of hydrogen-bond donors (Lipinski definition) is 3. The Labute approximate surface area is 163 Å². The van der Waals surface area contributed by atoms with Crippen molar-refractivity contribution in [3.8, 4) is 0 Å². The topological polar surface area (TPSA) is 108 Å². The zero-order chi connectivity index (χ0) is 19.8. The molecule has 9 nitrogen and oxygen atoms in total. The smallest absolute Gasteiger partial charge is 0.270 e. The average Bonchev–Trinajstić information content (AvgIpc) is 2.70. The minimum absolute atomic E-state index is 0.128. The van der Waals surface area contributed by atoms with Crippen molar-refractivity contribution in [2.24, 2.45) is 0 Å². The summed E-state index contributed by atoms with van der Waals surface area (Å²) >= 11 is 0. The predicted octanol–water partition coefficient (Wildman–Crippen LogP) is 1.24. The molecule has 3 rings (SSSR count). The largest absolute Gasteiger partial charge is 0.379 e. The number of nitrogens with zero attached hydrogens (tertiary/aromatic N) is 3. The summed E-state index contributed by atoms with van der Waals surface area (Å²) in [6.07, 6.45) is 1.54. The van der Waals surface area contributed by atoms with Crippen LogP contribution in [-0.2, 0) is 9.53 Å². The van der Waals surface area contributed by atoms with E-state index in [4.69, 9.17) is 4.74 Å². The molecule has 2 amide bonds. The van der Waals surface area contributed by atoms with E-state index >= 15 is 0 Å². The Kier molecular flexibility index (Phi) is 6.88. The Morgan fingerprint density at radius 1 is 1.11 bits per heavy atom. The van der Waals surface area contributed by atoms with Crippen LogP contribution in [-0.4, -0.2) is 66.1 Å². The molecule has 0 saturated carbocycles. The maximum atomic E-state index is 12.3. The van der Waals surface area contributed by atoms with Crippen LogP contribution in [0.15, 0.2) is 36.5 Å². The van der Waals surface area contributed by atoms with Gasteiger partial charge in [-0.05, 0) is 30.3 Å². The molecular formula is C19H24N6O3. The molecule has 1 fully saturated rings. The van der Waals surface area contributed by atoms with Crippen molar-refractivity contribution in [3.63, 3.8) is 0 Å². The SMILES string of the molecule is CC(=O)Nc1ccc(Nc2nccc(C(=O)NCCN3CCOCC3)n2)cc1. The highest BCUT2D eigenvalue weighted by atomic mass is 16.5. The van der Waals surface area contributed by atoms with Gasteiger partial charge in [0, 0.05) is 50.7 Å². The van der Waals surface area contributed by atoms with Crippen LogP contribution in [0, 0.1) is 0 Å². The molecule has 3 N–H and O–H groups in total. The number of morpholine rings is 1. The van der Waals surface area contributed by atoms with E-state index in [0.29, 0.717) is 23.9 Å². The van der Waals surface area contributed by atoms with Crippen LogP contribution < -0.4 is 16.0 Å². The summed E-state index contributed by atoms with van der Waals surface area (Å²) in [7, 11) is 0. The number of benzene rings is 1. The van der Waals surface area contributed by atoms with E-state index in [9.17, 15) is 9.59 Å². The molecule has 0 atom stereocenters. The van der Waals surface area contributed by atoms with Gasteiger partial charge in [0.2, 0.25) is 11.9 Å². The van der Waals surface area contributed by atoms with E-state index in [2.05, 4.69) is 30.8 Å². The van der Waals surface area contributed by atoms with E-state index in [-0.39, 0.29) is 11.8 Å². The van der Waals surface area contributed by atoms with E-state index in [1.165, 1.54) is 13.1 Å².